The standard InChI is InChI=1S/C15H23NO4/c1-5-16(6-2)15(18)11(3)20-14-9-13(19-4)8-7-12(14)10-17/h7-9,11,17H,5-6,10H2,1-4H3. The summed E-state index contributed by atoms with van der Waals surface area (Å²) in [7, 11) is 1.56. The number of hydrogen-bond acceptors (Lipinski definition) is 4. The van der Waals surface area contributed by atoms with E-state index in [-0.39, 0.29) is 12.5 Å². The zero-order chi connectivity index (χ0) is 15.1. The molecule has 0 aliphatic carbocycles. The number of benzene rings is 1. The van der Waals surface area contributed by atoms with Crippen LogP contribution in [0.3, 0.4) is 0 Å². The molecule has 1 atom stereocenters. The second-order valence-electron chi connectivity index (χ2n) is 4.40. The van der Waals surface area contributed by atoms with Crippen molar-refractivity contribution < 1.29 is 19.4 Å². The second-order valence-corrected chi connectivity index (χ2v) is 4.40. The Hall–Kier alpha value is -1.75. The van der Waals surface area contributed by atoms with Crippen LogP contribution in [0.15, 0.2) is 18.2 Å². The number of carbonyl (C=O) groups is 1. The van der Waals surface area contributed by atoms with Crippen LogP contribution in [0.4, 0.5) is 0 Å². The molecule has 0 aliphatic heterocycles. The van der Waals surface area contributed by atoms with Crippen molar-refractivity contribution in [2.24, 2.45) is 0 Å². The highest BCUT2D eigenvalue weighted by molar-refractivity contribution is 5.80. The smallest absolute Gasteiger partial charge is 0.263 e. The van der Waals surface area contributed by atoms with Crippen molar-refractivity contribution in [3.63, 3.8) is 0 Å². The first-order valence-corrected chi connectivity index (χ1v) is 6.80. The van der Waals surface area contributed by atoms with Gasteiger partial charge in [-0.25, -0.2) is 0 Å². The lowest BCUT2D eigenvalue weighted by Crippen LogP contribution is -2.40. The number of aliphatic hydroxyl groups excluding tert-OH is 1. The van der Waals surface area contributed by atoms with Gasteiger partial charge in [0.05, 0.1) is 13.7 Å². The number of hydrogen-bond donors (Lipinski definition) is 1. The molecule has 5 nitrogen and oxygen atoms in total. The van der Waals surface area contributed by atoms with E-state index < -0.39 is 6.10 Å². The third-order valence-corrected chi connectivity index (χ3v) is 3.17. The predicted molar refractivity (Wildman–Crippen MR) is 76.9 cm³/mol. The van der Waals surface area contributed by atoms with Gasteiger partial charge >= 0.3 is 0 Å². The summed E-state index contributed by atoms with van der Waals surface area (Å²) >= 11 is 0. The first-order chi connectivity index (χ1) is 9.57. The second kappa shape index (κ2) is 7.75. The lowest BCUT2D eigenvalue weighted by atomic mass is 10.2. The van der Waals surface area contributed by atoms with Gasteiger partial charge in [-0.05, 0) is 32.9 Å². The summed E-state index contributed by atoms with van der Waals surface area (Å²) in [5, 5.41) is 9.32. The van der Waals surface area contributed by atoms with E-state index in [1.54, 1.807) is 37.1 Å². The van der Waals surface area contributed by atoms with Crippen LogP contribution in [0, 0.1) is 0 Å². The third kappa shape index (κ3) is 3.87. The van der Waals surface area contributed by atoms with Crippen molar-refractivity contribution in [2.45, 2.75) is 33.5 Å². The Morgan fingerprint density at radius 3 is 2.50 bits per heavy atom. The van der Waals surface area contributed by atoms with E-state index in [2.05, 4.69) is 0 Å². The summed E-state index contributed by atoms with van der Waals surface area (Å²) < 4.78 is 10.8. The Labute approximate surface area is 120 Å². The monoisotopic (exact) mass is 281 g/mol. The molecule has 0 aliphatic rings. The van der Waals surface area contributed by atoms with Gasteiger partial charge in [0.2, 0.25) is 0 Å². The fraction of sp³-hybridized carbons (Fsp3) is 0.533. The largest absolute Gasteiger partial charge is 0.497 e. The van der Waals surface area contributed by atoms with Crippen LogP contribution in [0.5, 0.6) is 11.5 Å². The molecule has 0 saturated heterocycles. The Balaban J connectivity index is 2.88. The molecule has 1 aromatic rings. The van der Waals surface area contributed by atoms with Crippen LogP contribution >= 0.6 is 0 Å². The van der Waals surface area contributed by atoms with E-state index in [9.17, 15) is 9.90 Å². The van der Waals surface area contributed by atoms with Crippen molar-refractivity contribution in [1.82, 2.24) is 4.90 Å². The van der Waals surface area contributed by atoms with Gasteiger partial charge < -0.3 is 19.5 Å². The van der Waals surface area contributed by atoms with Crippen LogP contribution in [0.25, 0.3) is 0 Å². The first kappa shape index (κ1) is 16.3. The number of methoxy groups -OCH3 is 1. The van der Waals surface area contributed by atoms with Crippen LogP contribution in [0.1, 0.15) is 26.3 Å². The highest BCUT2D eigenvalue weighted by atomic mass is 16.5. The van der Waals surface area contributed by atoms with E-state index in [1.807, 2.05) is 13.8 Å². The Morgan fingerprint density at radius 1 is 1.35 bits per heavy atom. The molecule has 1 unspecified atom stereocenters. The van der Waals surface area contributed by atoms with E-state index in [4.69, 9.17) is 9.47 Å². The molecule has 20 heavy (non-hydrogen) atoms. The quantitative estimate of drug-likeness (QED) is 0.828. The van der Waals surface area contributed by atoms with Gasteiger partial charge in [-0.2, -0.15) is 0 Å². The number of nitrogens with zero attached hydrogens (tertiary/aromatic N) is 1. The van der Waals surface area contributed by atoms with Crippen molar-refractivity contribution in [2.75, 3.05) is 20.2 Å². The highest BCUT2D eigenvalue weighted by Gasteiger charge is 2.21. The number of ether oxygens (including phenoxy) is 2. The van der Waals surface area contributed by atoms with Crippen LogP contribution in [-0.4, -0.2) is 42.2 Å². The molecule has 0 aromatic heterocycles. The van der Waals surface area contributed by atoms with E-state index in [0.29, 0.717) is 30.2 Å². The molecule has 1 rings (SSSR count). The molecule has 112 valence electrons. The summed E-state index contributed by atoms with van der Waals surface area (Å²) in [4.78, 5) is 13.9. The van der Waals surface area contributed by atoms with Gasteiger partial charge in [0.25, 0.3) is 5.91 Å². The molecule has 1 amide bonds. The van der Waals surface area contributed by atoms with E-state index in [0.717, 1.165) is 0 Å². The van der Waals surface area contributed by atoms with Gasteiger partial charge in [0.15, 0.2) is 6.10 Å². The van der Waals surface area contributed by atoms with Crippen molar-refractivity contribution >= 4 is 5.91 Å². The number of aliphatic hydroxyl groups is 1. The molecule has 1 aromatic carbocycles. The summed E-state index contributed by atoms with van der Waals surface area (Å²) in [6.45, 7) is 6.71. The molecular weight excluding hydrogens is 258 g/mol. The molecule has 0 fully saturated rings. The lowest BCUT2D eigenvalue weighted by molar-refractivity contribution is -0.137. The van der Waals surface area contributed by atoms with Crippen LogP contribution in [0.2, 0.25) is 0 Å². The van der Waals surface area contributed by atoms with Gasteiger partial charge in [-0.15, -0.1) is 0 Å². The molecular formula is C15H23NO4. The minimum absolute atomic E-state index is 0.0679. The normalized spacial score (nSPS) is 11.8. The molecule has 5 heteroatoms. The average Bonchev–Trinajstić information content (AvgIpc) is 2.48. The number of amides is 1. The topological polar surface area (TPSA) is 59.0 Å². The molecule has 1 N–H and O–H groups in total. The summed E-state index contributed by atoms with van der Waals surface area (Å²) in [5.74, 6) is 1.03. The fourth-order valence-corrected chi connectivity index (χ4v) is 1.94. The maximum atomic E-state index is 12.2. The minimum atomic E-state index is -0.604. The number of likely N-dealkylation sites (N-methyl/N-ethyl adjacent to an activating group) is 1. The maximum absolute atomic E-state index is 12.2. The van der Waals surface area contributed by atoms with Gasteiger partial charge in [-0.3, -0.25) is 4.79 Å². The SMILES string of the molecule is CCN(CC)C(=O)C(C)Oc1cc(OC)ccc1CO. The maximum Gasteiger partial charge on any atom is 0.263 e. The Morgan fingerprint density at radius 2 is 2.00 bits per heavy atom. The van der Waals surface area contributed by atoms with E-state index in [1.165, 1.54) is 0 Å². The minimum Gasteiger partial charge on any atom is -0.497 e. The summed E-state index contributed by atoms with van der Waals surface area (Å²) in [6, 6.07) is 5.15. The zero-order valence-electron chi connectivity index (χ0n) is 12.5. The van der Waals surface area contributed by atoms with Crippen molar-refractivity contribution in [3.8, 4) is 11.5 Å². The first-order valence-electron chi connectivity index (χ1n) is 6.80. The molecule has 0 bridgehead atoms. The third-order valence-electron chi connectivity index (χ3n) is 3.17. The van der Waals surface area contributed by atoms with Gasteiger partial charge in [0.1, 0.15) is 11.5 Å². The van der Waals surface area contributed by atoms with Gasteiger partial charge in [0, 0.05) is 24.7 Å². The molecule has 0 spiro atoms. The Kier molecular flexibility index (Phi) is 6.31. The molecule has 0 saturated carbocycles. The molecule has 0 radical (unpaired) electrons. The van der Waals surface area contributed by atoms with Gasteiger partial charge in [-0.1, -0.05) is 0 Å². The Bertz CT molecular complexity index is 443. The summed E-state index contributed by atoms with van der Waals surface area (Å²) in [5.41, 5.74) is 0.630. The van der Waals surface area contributed by atoms with Crippen molar-refractivity contribution in [3.05, 3.63) is 23.8 Å². The average molecular weight is 281 g/mol. The lowest BCUT2D eigenvalue weighted by Gasteiger charge is -2.24. The zero-order valence-corrected chi connectivity index (χ0v) is 12.5. The summed E-state index contributed by atoms with van der Waals surface area (Å²) in [6.07, 6.45) is -0.604. The predicted octanol–water partition coefficient (Wildman–Crippen LogP) is 1.82. The van der Waals surface area contributed by atoms with Crippen LogP contribution in [-0.2, 0) is 11.4 Å². The van der Waals surface area contributed by atoms with Crippen molar-refractivity contribution in [1.29, 1.82) is 0 Å². The fourth-order valence-electron chi connectivity index (χ4n) is 1.94. The highest BCUT2D eigenvalue weighted by Crippen LogP contribution is 2.26. The van der Waals surface area contributed by atoms with E-state index >= 15 is 0 Å². The number of rotatable bonds is 7. The van der Waals surface area contributed by atoms with Crippen LogP contribution < -0.4 is 9.47 Å². The number of carbonyl (C=O) groups excluding carboxylic acids is 1. The molecule has 0 heterocycles.